The zero-order chi connectivity index (χ0) is 17.6. The highest BCUT2D eigenvalue weighted by molar-refractivity contribution is 7.09. The van der Waals surface area contributed by atoms with Crippen molar-refractivity contribution in [1.82, 2.24) is 4.98 Å². The Bertz CT molecular complexity index is 890. The fourth-order valence-corrected chi connectivity index (χ4v) is 3.20. The van der Waals surface area contributed by atoms with Crippen molar-refractivity contribution in [1.29, 1.82) is 0 Å². The molecule has 0 saturated heterocycles. The maximum atomic E-state index is 12.4. The summed E-state index contributed by atoms with van der Waals surface area (Å²) < 4.78 is 0. The second kappa shape index (κ2) is 7.72. The molecule has 0 fully saturated rings. The first-order valence-electron chi connectivity index (χ1n) is 7.82. The SMILES string of the molecule is NC(=O)c1ccccc1NC(=O)c1csc(CCc2ccccc2)n1. The van der Waals surface area contributed by atoms with E-state index in [4.69, 9.17) is 5.73 Å². The molecule has 0 spiro atoms. The van der Waals surface area contributed by atoms with Gasteiger partial charge in [0, 0.05) is 11.8 Å². The maximum Gasteiger partial charge on any atom is 0.275 e. The van der Waals surface area contributed by atoms with Crippen molar-refractivity contribution < 1.29 is 9.59 Å². The summed E-state index contributed by atoms with van der Waals surface area (Å²) in [7, 11) is 0. The molecule has 0 atom stereocenters. The van der Waals surface area contributed by atoms with E-state index in [-0.39, 0.29) is 11.5 Å². The largest absolute Gasteiger partial charge is 0.366 e. The van der Waals surface area contributed by atoms with Crippen molar-refractivity contribution >= 4 is 28.8 Å². The summed E-state index contributed by atoms with van der Waals surface area (Å²) in [5, 5.41) is 5.32. The molecule has 126 valence electrons. The van der Waals surface area contributed by atoms with Gasteiger partial charge in [-0.2, -0.15) is 0 Å². The molecule has 2 amide bonds. The molecule has 0 aliphatic heterocycles. The molecule has 0 aliphatic rings. The van der Waals surface area contributed by atoms with Crippen LogP contribution in [0.25, 0.3) is 0 Å². The summed E-state index contributed by atoms with van der Waals surface area (Å²) >= 11 is 1.45. The summed E-state index contributed by atoms with van der Waals surface area (Å²) in [6.45, 7) is 0. The summed E-state index contributed by atoms with van der Waals surface area (Å²) in [4.78, 5) is 28.2. The number of aryl methyl sites for hydroxylation is 2. The van der Waals surface area contributed by atoms with E-state index in [0.29, 0.717) is 11.4 Å². The first-order valence-corrected chi connectivity index (χ1v) is 8.70. The number of rotatable bonds is 6. The number of nitrogens with zero attached hydrogens (tertiary/aromatic N) is 1. The van der Waals surface area contributed by atoms with Crippen molar-refractivity contribution in [2.45, 2.75) is 12.8 Å². The molecule has 6 heteroatoms. The first-order chi connectivity index (χ1) is 12.1. The number of hydrogen-bond donors (Lipinski definition) is 2. The van der Waals surface area contributed by atoms with Gasteiger partial charge in [-0.15, -0.1) is 11.3 Å². The lowest BCUT2D eigenvalue weighted by atomic mass is 10.1. The number of primary amides is 1. The van der Waals surface area contributed by atoms with E-state index in [1.165, 1.54) is 16.9 Å². The molecule has 1 heterocycles. The number of anilines is 1. The normalized spacial score (nSPS) is 10.4. The fourth-order valence-electron chi connectivity index (χ4n) is 2.42. The minimum atomic E-state index is -0.585. The number of carbonyl (C=O) groups is 2. The highest BCUT2D eigenvalue weighted by atomic mass is 32.1. The summed E-state index contributed by atoms with van der Waals surface area (Å²) in [6.07, 6.45) is 1.65. The Balaban J connectivity index is 1.66. The van der Waals surface area contributed by atoms with Gasteiger partial charge in [0.2, 0.25) is 0 Å². The average Bonchev–Trinajstić information content (AvgIpc) is 3.10. The Labute approximate surface area is 149 Å². The van der Waals surface area contributed by atoms with Crippen LogP contribution in [-0.4, -0.2) is 16.8 Å². The molecule has 0 unspecified atom stereocenters. The second-order valence-corrected chi connectivity index (χ2v) is 6.42. The van der Waals surface area contributed by atoms with Crippen molar-refractivity contribution in [2.75, 3.05) is 5.32 Å². The Morgan fingerprint density at radius 1 is 1.00 bits per heavy atom. The number of aromatic nitrogens is 1. The van der Waals surface area contributed by atoms with E-state index in [0.717, 1.165) is 17.8 Å². The van der Waals surface area contributed by atoms with E-state index >= 15 is 0 Å². The van der Waals surface area contributed by atoms with Crippen LogP contribution in [-0.2, 0) is 12.8 Å². The van der Waals surface area contributed by atoms with Crippen molar-refractivity contribution in [3.63, 3.8) is 0 Å². The van der Waals surface area contributed by atoms with Gasteiger partial charge in [-0.3, -0.25) is 9.59 Å². The Hall–Kier alpha value is -2.99. The van der Waals surface area contributed by atoms with Crippen LogP contribution in [0.2, 0.25) is 0 Å². The standard InChI is InChI=1S/C19H17N3O2S/c20-18(23)14-8-4-5-9-15(14)22-19(24)16-12-25-17(21-16)11-10-13-6-2-1-3-7-13/h1-9,12H,10-11H2,(H2,20,23)(H,22,24). The summed E-state index contributed by atoms with van der Waals surface area (Å²) in [6, 6.07) is 16.8. The topological polar surface area (TPSA) is 85.1 Å². The van der Waals surface area contributed by atoms with Crippen molar-refractivity contribution in [3.8, 4) is 0 Å². The molecule has 2 aromatic carbocycles. The number of benzene rings is 2. The van der Waals surface area contributed by atoms with Crippen LogP contribution in [0.3, 0.4) is 0 Å². The zero-order valence-corrected chi connectivity index (χ0v) is 14.3. The first kappa shape index (κ1) is 16.9. The van der Waals surface area contributed by atoms with Crippen LogP contribution in [0.5, 0.6) is 0 Å². The molecule has 0 aliphatic carbocycles. The molecule has 3 N–H and O–H groups in total. The Morgan fingerprint density at radius 2 is 1.72 bits per heavy atom. The van der Waals surface area contributed by atoms with Crippen molar-refractivity contribution in [2.24, 2.45) is 5.73 Å². The van der Waals surface area contributed by atoms with Crippen LogP contribution in [0.1, 0.15) is 31.4 Å². The number of nitrogens with two attached hydrogens (primary N) is 1. The van der Waals surface area contributed by atoms with Gasteiger partial charge in [-0.05, 0) is 24.1 Å². The van der Waals surface area contributed by atoms with E-state index in [1.807, 2.05) is 18.2 Å². The van der Waals surface area contributed by atoms with Gasteiger partial charge in [-0.25, -0.2) is 4.98 Å². The summed E-state index contributed by atoms with van der Waals surface area (Å²) in [5.74, 6) is -0.936. The van der Waals surface area contributed by atoms with Gasteiger partial charge in [0.15, 0.2) is 0 Å². The lowest BCUT2D eigenvalue weighted by molar-refractivity contribution is 0.100. The second-order valence-electron chi connectivity index (χ2n) is 5.48. The number of nitrogens with one attached hydrogen (secondary N) is 1. The number of para-hydroxylation sites is 1. The minimum Gasteiger partial charge on any atom is -0.366 e. The molecule has 5 nitrogen and oxygen atoms in total. The van der Waals surface area contributed by atoms with E-state index in [9.17, 15) is 9.59 Å². The van der Waals surface area contributed by atoms with Crippen LogP contribution < -0.4 is 11.1 Å². The predicted octanol–water partition coefficient (Wildman–Crippen LogP) is 3.28. The maximum absolute atomic E-state index is 12.4. The van der Waals surface area contributed by atoms with Crippen LogP contribution in [0.4, 0.5) is 5.69 Å². The van der Waals surface area contributed by atoms with E-state index < -0.39 is 5.91 Å². The lowest BCUT2D eigenvalue weighted by Crippen LogP contribution is -2.18. The third-order valence-corrected chi connectivity index (χ3v) is 4.60. The average molecular weight is 351 g/mol. The highest BCUT2D eigenvalue weighted by Crippen LogP contribution is 2.18. The smallest absolute Gasteiger partial charge is 0.275 e. The number of hydrogen-bond acceptors (Lipinski definition) is 4. The predicted molar refractivity (Wildman–Crippen MR) is 98.9 cm³/mol. The van der Waals surface area contributed by atoms with Gasteiger partial charge in [0.25, 0.3) is 11.8 Å². The number of thiazole rings is 1. The third kappa shape index (κ3) is 4.30. The molecular weight excluding hydrogens is 334 g/mol. The van der Waals surface area contributed by atoms with Crippen LogP contribution in [0, 0.1) is 0 Å². The number of amides is 2. The quantitative estimate of drug-likeness (QED) is 0.715. The minimum absolute atomic E-state index is 0.274. The molecule has 0 saturated carbocycles. The molecule has 1 aromatic heterocycles. The lowest BCUT2D eigenvalue weighted by Gasteiger charge is -2.07. The molecular formula is C19H17N3O2S. The molecule has 0 bridgehead atoms. The summed E-state index contributed by atoms with van der Waals surface area (Å²) in [5.41, 5.74) is 7.56. The highest BCUT2D eigenvalue weighted by Gasteiger charge is 2.14. The number of carbonyl (C=O) groups excluding carboxylic acids is 2. The van der Waals surface area contributed by atoms with E-state index in [2.05, 4.69) is 22.4 Å². The van der Waals surface area contributed by atoms with Gasteiger partial charge < -0.3 is 11.1 Å². The molecule has 3 rings (SSSR count). The van der Waals surface area contributed by atoms with Gasteiger partial charge in [-0.1, -0.05) is 42.5 Å². The monoisotopic (exact) mass is 351 g/mol. The molecule has 25 heavy (non-hydrogen) atoms. The van der Waals surface area contributed by atoms with E-state index in [1.54, 1.807) is 29.6 Å². The third-order valence-electron chi connectivity index (χ3n) is 3.70. The van der Waals surface area contributed by atoms with Crippen molar-refractivity contribution in [3.05, 3.63) is 81.8 Å². The van der Waals surface area contributed by atoms with Crippen LogP contribution >= 0.6 is 11.3 Å². The molecule has 3 aromatic rings. The van der Waals surface area contributed by atoms with Gasteiger partial charge >= 0.3 is 0 Å². The van der Waals surface area contributed by atoms with Gasteiger partial charge in [0.1, 0.15) is 5.69 Å². The zero-order valence-electron chi connectivity index (χ0n) is 13.4. The molecule has 0 radical (unpaired) electrons. The Morgan fingerprint density at radius 3 is 2.48 bits per heavy atom. The van der Waals surface area contributed by atoms with Crippen LogP contribution in [0.15, 0.2) is 60.0 Å². The fraction of sp³-hybridized carbons (Fsp3) is 0.105. The van der Waals surface area contributed by atoms with Gasteiger partial charge in [0.05, 0.1) is 16.3 Å². The Kier molecular flexibility index (Phi) is 5.20.